The molecule has 0 spiro atoms. The van der Waals surface area contributed by atoms with Crippen LogP contribution in [-0.4, -0.2) is 7.25 Å². The van der Waals surface area contributed by atoms with Crippen LogP contribution in [0.25, 0.3) is 0 Å². The summed E-state index contributed by atoms with van der Waals surface area (Å²) in [6.45, 7) is 0. The van der Waals surface area contributed by atoms with Crippen molar-refractivity contribution in [2.75, 3.05) is 0 Å². The van der Waals surface area contributed by atoms with Gasteiger partial charge in [0.15, 0.2) is 0 Å². The smallest absolute Gasteiger partial charge is 0.418 e. The van der Waals surface area contributed by atoms with Gasteiger partial charge in [-0.3, -0.25) is 0 Å². The van der Waals surface area contributed by atoms with Crippen molar-refractivity contribution in [1.82, 2.24) is 0 Å². The van der Waals surface area contributed by atoms with Gasteiger partial charge in [-0.2, -0.15) is 0 Å². The first-order valence-corrected chi connectivity index (χ1v) is 0.873. The van der Waals surface area contributed by atoms with E-state index in [1.807, 2.05) is 0 Å². The van der Waals surface area contributed by atoms with Gasteiger partial charge in [0.2, 0.25) is 0 Å². The molecule has 0 aliphatic rings. The van der Waals surface area contributed by atoms with Crippen molar-refractivity contribution in [3.63, 3.8) is 0 Å². The van der Waals surface area contributed by atoms with Gasteiger partial charge in [0.05, 0.1) is 0 Å². The van der Waals surface area contributed by atoms with E-state index >= 15 is 0 Å². The van der Waals surface area contributed by atoms with Crippen LogP contribution in [0.1, 0.15) is 0 Å². The first kappa shape index (κ1) is 10.1. The summed E-state index contributed by atoms with van der Waals surface area (Å²) in [5.41, 5.74) is 0. The second kappa shape index (κ2) is 3.12. The van der Waals surface area contributed by atoms with Crippen molar-refractivity contribution in [3.8, 4) is 0 Å². The van der Waals surface area contributed by atoms with Crippen LogP contribution in [0.15, 0.2) is 0 Å². The van der Waals surface area contributed by atoms with Crippen molar-refractivity contribution >= 4 is 7.25 Å². The van der Waals surface area contributed by atoms with Gasteiger partial charge in [-0.25, -0.2) is 0 Å². The van der Waals surface area contributed by atoms with Gasteiger partial charge in [-0.05, 0) is 0 Å². The topological polar surface area (TPSA) is 0 Å². The summed E-state index contributed by atoms with van der Waals surface area (Å²) in [7, 11) is -6.00. The standard InChI is InChI=1S/BF4.Tb/c2-1(3,4)5;/q-1;. The molecule has 0 aromatic rings. The van der Waals surface area contributed by atoms with Gasteiger partial charge < -0.3 is 17.3 Å². The maximum atomic E-state index is 9.75. The van der Waals surface area contributed by atoms with Crippen LogP contribution in [0.2, 0.25) is 0 Å². The summed E-state index contributed by atoms with van der Waals surface area (Å²) in [6.07, 6.45) is 0. The van der Waals surface area contributed by atoms with E-state index in [-0.39, 0.29) is 38.6 Å². The van der Waals surface area contributed by atoms with Crippen molar-refractivity contribution in [3.05, 3.63) is 0 Å². The fraction of sp³-hybridized carbons (Fsp3) is 0. The molecule has 0 aromatic heterocycles. The van der Waals surface area contributed by atoms with Crippen molar-refractivity contribution in [1.29, 1.82) is 0 Å². The van der Waals surface area contributed by atoms with Crippen LogP contribution in [0.3, 0.4) is 0 Å². The van der Waals surface area contributed by atoms with Gasteiger partial charge >= 0.3 is 7.25 Å². The number of hydrogen-bond donors (Lipinski definition) is 0. The van der Waals surface area contributed by atoms with E-state index in [4.69, 9.17) is 0 Å². The zero-order valence-corrected chi connectivity index (χ0v) is 4.56. The fourth-order valence-corrected chi connectivity index (χ4v) is 0. The first-order chi connectivity index (χ1) is 2.00. The quantitative estimate of drug-likeness (QED) is 0.446. The van der Waals surface area contributed by atoms with Crippen LogP contribution < -0.4 is 0 Å². The number of hydrogen-bond acceptors (Lipinski definition) is 0. The predicted octanol–water partition coefficient (Wildman–Crippen LogP) is 1.30. The largest absolute Gasteiger partial charge is 0.673 e. The summed E-state index contributed by atoms with van der Waals surface area (Å²) in [6, 6.07) is 0. The SMILES string of the molecule is F[B-](F)(F)F.[Tb]. The molecule has 41 valence electrons. The van der Waals surface area contributed by atoms with Gasteiger partial charge in [-0.1, -0.05) is 0 Å². The second-order valence-electron chi connectivity index (χ2n) is 0.495. The summed E-state index contributed by atoms with van der Waals surface area (Å²) >= 11 is 0. The summed E-state index contributed by atoms with van der Waals surface area (Å²) < 4.78 is 39.0. The molecule has 0 amide bonds. The molecule has 0 unspecified atom stereocenters. The third kappa shape index (κ3) is 73.3. The average molecular weight is 246 g/mol. The molecule has 0 bridgehead atoms. The Bertz CT molecular complexity index is 23.0. The Morgan fingerprint density at radius 3 is 0.833 bits per heavy atom. The minimum atomic E-state index is -6.00. The Hall–Kier alpha value is 1.07. The molecule has 0 saturated carbocycles. The van der Waals surface area contributed by atoms with Gasteiger partial charge in [-0.15, -0.1) is 0 Å². The Labute approximate surface area is 62.8 Å². The molecule has 0 aliphatic carbocycles. The Balaban J connectivity index is 0. The summed E-state index contributed by atoms with van der Waals surface area (Å²) in [4.78, 5) is 0. The van der Waals surface area contributed by atoms with Crippen LogP contribution in [-0.2, 0) is 0 Å². The van der Waals surface area contributed by atoms with E-state index in [9.17, 15) is 17.3 Å². The molecular weight excluding hydrogens is 246 g/mol. The Morgan fingerprint density at radius 1 is 0.833 bits per heavy atom. The average Bonchev–Trinajstić information content (AvgIpc) is 0.722. The zero-order valence-electron chi connectivity index (χ0n) is 2.42. The molecule has 0 saturated heterocycles. The molecule has 0 atom stereocenters. The molecule has 0 fully saturated rings. The molecule has 6 heteroatoms. The van der Waals surface area contributed by atoms with Crippen molar-refractivity contribution in [2.24, 2.45) is 0 Å². The number of halogens is 4. The molecule has 0 N–H and O–H groups in total. The molecular formula is BF4Tb-. The molecule has 0 nitrogen and oxygen atoms in total. The molecule has 0 heterocycles. The van der Waals surface area contributed by atoms with E-state index in [0.29, 0.717) is 0 Å². The molecule has 6 heavy (non-hydrogen) atoms. The van der Waals surface area contributed by atoms with Gasteiger partial charge in [0.25, 0.3) is 0 Å². The van der Waals surface area contributed by atoms with Crippen molar-refractivity contribution < 1.29 is 55.9 Å². The van der Waals surface area contributed by atoms with E-state index in [0.717, 1.165) is 0 Å². The van der Waals surface area contributed by atoms with E-state index in [1.165, 1.54) is 0 Å². The van der Waals surface area contributed by atoms with E-state index in [2.05, 4.69) is 0 Å². The van der Waals surface area contributed by atoms with Crippen LogP contribution in [0.5, 0.6) is 0 Å². The zero-order chi connectivity index (χ0) is 4.50. The minimum absolute atomic E-state index is 0. The first-order valence-electron chi connectivity index (χ1n) is 0.873. The predicted molar refractivity (Wildman–Crippen MR) is 10.2 cm³/mol. The van der Waals surface area contributed by atoms with Gasteiger partial charge in [0.1, 0.15) is 0 Å². The van der Waals surface area contributed by atoms with Crippen LogP contribution >= 0.6 is 0 Å². The third-order valence-corrected chi connectivity index (χ3v) is 0. The Morgan fingerprint density at radius 2 is 0.833 bits per heavy atom. The fourth-order valence-electron chi connectivity index (χ4n) is 0. The monoisotopic (exact) mass is 246 g/mol. The van der Waals surface area contributed by atoms with Gasteiger partial charge in [0, 0.05) is 38.6 Å². The van der Waals surface area contributed by atoms with E-state index in [1.54, 1.807) is 0 Å². The van der Waals surface area contributed by atoms with Crippen LogP contribution in [0.4, 0.5) is 17.3 Å². The normalized spacial score (nSPS) is 10.0. The molecule has 0 aliphatic heterocycles. The van der Waals surface area contributed by atoms with Crippen LogP contribution in [0, 0.1) is 38.6 Å². The summed E-state index contributed by atoms with van der Waals surface area (Å²) in [5.74, 6) is 0. The third-order valence-electron chi connectivity index (χ3n) is 0. The van der Waals surface area contributed by atoms with Crippen molar-refractivity contribution in [2.45, 2.75) is 0 Å². The molecule has 1 radical (unpaired) electrons. The number of rotatable bonds is 0. The maximum absolute atomic E-state index is 9.75. The van der Waals surface area contributed by atoms with E-state index < -0.39 is 7.25 Å². The Kier molecular flexibility index (Phi) is 5.27. The second-order valence-corrected chi connectivity index (χ2v) is 0.495. The summed E-state index contributed by atoms with van der Waals surface area (Å²) in [5, 5.41) is 0. The molecule has 0 rings (SSSR count). The maximum Gasteiger partial charge on any atom is 0.673 e. The minimum Gasteiger partial charge on any atom is -0.418 e. The molecule has 0 aromatic carbocycles.